The van der Waals surface area contributed by atoms with Gasteiger partial charge in [-0.15, -0.1) is 0 Å². The van der Waals surface area contributed by atoms with E-state index < -0.39 is 0 Å². The number of benzene rings is 1. The fraction of sp³-hybridized carbons (Fsp3) is 0.333. The number of β-amino-alcohol motifs (C(OH)–C–C–N with tert-alkyl or cyclic N) is 1. The highest BCUT2D eigenvalue weighted by molar-refractivity contribution is 7.09. The number of fused-ring (bicyclic) bond motifs is 1. The Morgan fingerprint density at radius 3 is 2.85 bits per heavy atom. The number of aryl methyl sites for hydroxylation is 1. The SMILES string of the molecule is Cc1nc2c(C(=O)Nc3ccc(N4CCC[C@H](O)C4)cc3)snc2c(=O)[nH]1. The van der Waals surface area contributed by atoms with Crippen LogP contribution in [0.15, 0.2) is 29.1 Å². The molecule has 0 radical (unpaired) electrons. The third-order valence-corrected chi connectivity index (χ3v) is 5.38. The van der Waals surface area contributed by atoms with Gasteiger partial charge in [-0.25, -0.2) is 4.98 Å². The van der Waals surface area contributed by atoms with Gasteiger partial charge in [0.2, 0.25) is 0 Å². The smallest absolute Gasteiger partial charge is 0.278 e. The van der Waals surface area contributed by atoms with Crippen molar-refractivity contribution in [3.8, 4) is 0 Å². The van der Waals surface area contributed by atoms with Gasteiger partial charge in [0.25, 0.3) is 11.5 Å². The zero-order valence-corrected chi connectivity index (χ0v) is 15.5. The van der Waals surface area contributed by atoms with Crippen LogP contribution in [0.1, 0.15) is 28.3 Å². The van der Waals surface area contributed by atoms with Gasteiger partial charge in [0.05, 0.1) is 6.10 Å². The van der Waals surface area contributed by atoms with Gasteiger partial charge in [-0.05, 0) is 55.6 Å². The number of carbonyl (C=O) groups is 1. The summed E-state index contributed by atoms with van der Waals surface area (Å²) in [4.78, 5) is 33.8. The van der Waals surface area contributed by atoms with Crippen molar-refractivity contribution < 1.29 is 9.90 Å². The van der Waals surface area contributed by atoms with Crippen molar-refractivity contribution in [1.29, 1.82) is 0 Å². The van der Waals surface area contributed by atoms with Crippen LogP contribution in [0.3, 0.4) is 0 Å². The second-order valence-electron chi connectivity index (χ2n) is 6.60. The summed E-state index contributed by atoms with van der Waals surface area (Å²) in [6.45, 7) is 3.20. The second kappa shape index (κ2) is 7.09. The van der Waals surface area contributed by atoms with Crippen molar-refractivity contribution in [2.45, 2.75) is 25.9 Å². The Bertz CT molecular complexity index is 1040. The monoisotopic (exact) mass is 385 g/mol. The zero-order valence-electron chi connectivity index (χ0n) is 14.7. The average molecular weight is 385 g/mol. The number of amides is 1. The fourth-order valence-electron chi connectivity index (χ4n) is 3.24. The standard InChI is InChI=1S/C18H19N5O3S/c1-10-19-14-15(17(25)20-10)22-27-16(14)18(26)21-11-4-6-12(7-5-11)23-8-2-3-13(24)9-23/h4-7,13,24H,2-3,8-9H2,1H3,(H,21,26)(H,19,20,25)/t13-/m0/s1. The Kier molecular flexibility index (Phi) is 4.63. The number of nitrogens with one attached hydrogen (secondary N) is 2. The molecule has 0 bridgehead atoms. The number of carbonyl (C=O) groups excluding carboxylic acids is 1. The number of aliphatic hydroxyl groups is 1. The molecule has 1 saturated heterocycles. The molecule has 8 nitrogen and oxygen atoms in total. The number of rotatable bonds is 3. The lowest BCUT2D eigenvalue weighted by molar-refractivity contribution is 0.103. The predicted octanol–water partition coefficient (Wildman–Crippen LogP) is 1.90. The Morgan fingerprint density at radius 2 is 2.11 bits per heavy atom. The van der Waals surface area contributed by atoms with Gasteiger partial charge in [-0.1, -0.05) is 0 Å². The summed E-state index contributed by atoms with van der Waals surface area (Å²) < 4.78 is 4.05. The molecule has 1 aliphatic heterocycles. The van der Waals surface area contributed by atoms with E-state index in [1.165, 1.54) is 0 Å². The largest absolute Gasteiger partial charge is 0.391 e. The number of aromatic amines is 1. The van der Waals surface area contributed by atoms with Crippen LogP contribution in [0.5, 0.6) is 0 Å². The molecule has 27 heavy (non-hydrogen) atoms. The van der Waals surface area contributed by atoms with Crippen molar-refractivity contribution in [1.82, 2.24) is 14.3 Å². The molecule has 4 rings (SSSR count). The lowest BCUT2D eigenvalue weighted by Crippen LogP contribution is -2.38. The van der Waals surface area contributed by atoms with E-state index in [9.17, 15) is 14.7 Å². The van der Waals surface area contributed by atoms with Gasteiger partial charge in [0, 0.05) is 24.5 Å². The Morgan fingerprint density at radius 1 is 1.33 bits per heavy atom. The summed E-state index contributed by atoms with van der Waals surface area (Å²) >= 11 is 0.959. The van der Waals surface area contributed by atoms with E-state index in [1.54, 1.807) is 6.92 Å². The first-order valence-electron chi connectivity index (χ1n) is 8.72. The Labute approximate surface area is 159 Å². The maximum Gasteiger partial charge on any atom is 0.278 e. The predicted molar refractivity (Wildman–Crippen MR) is 105 cm³/mol. The molecule has 1 aromatic carbocycles. The number of aliphatic hydroxyl groups excluding tert-OH is 1. The summed E-state index contributed by atoms with van der Waals surface area (Å²) in [6, 6.07) is 7.49. The maximum absolute atomic E-state index is 12.6. The Hall–Kier alpha value is -2.78. The minimum Gasteiger partial charge on any atom is -0.391 e. The first-order chi connectivity index (χ1) is 13.0. The van der Waals surface area contributed by atoms with E-state index in [2.05, 4.69) is 24.6 Å². The molecular weight excluding hydrogens is 366 g/mol. The Balaban J connectivity index is 1.52. The first kappa shape index (κ1) is 17.6. The topological polar surface area (TPSA) is 111 Å². The van der Waals surface area contributed by atoms with E-state index in [0.717, 1.165) is 36.6 Å². The van der Waals surface area contributed by atoms with Crippen LogP contribution in [-0.2, 0) is 0 Å². The summed E-state index contributed by atoms with van der Waals surface area (Å²) in [5, 5.41) is 12.6. The second-order valence-corrected chi connectivity index (χ2v) is 7.38. The van der Waals surface area contributed by atoms with Crippen LogP contribution in [0.4, 0.5) is 11.4 Å². The fourth-order valence-corrected chi connectivity index (χ4v) is 3.95. The zero-order chi connectivity index (χ0) is 19.0. The normalized spacial score (nSPS) is 17.3. The highest BCUT2D eigenvalue weighted by atomic mass is 32.1. The number of nitrogens with zero attached hydrogens (tertiary/aromatic N) is 3. The summed E-state index contributed by atoms with van der Waals surface area (Å²) in [5.74, 6) is 0.0935. The van der Waals surface area contributed by atoms with Crippen LogP contribution in [0, 0.1) is 6.92 Å². The number of anilines is 2. The average Bonchev–Trinajstić information content (AvgIpc) is 3.06. The lowest BCUT2D eigenvalue weighted by Gasteiger charge is -2.32. The van der Waals surface area contributed by atoms with Crippen LogP contribution in [0.25, 0.3) is 11.0 Å². The van der Waals surface area contributed by atoms with E-state index in [1.807, 2.05) is 24.3 Å². The number of piperidine rings is 1. The van der Waals surface area contributed by atoms with Crippen LogP contribution < -0.4 is 15.8 Å². The minimum atomic E-state index is -0.346. The highest BCUT2D eigenvalue weighted by Crippen LogP contribution is 2.23. The number of hydrogen-bond acceptors (Lipinski definition) is 7. The molecule has 0 spiro atoms. The van der Waals surface area contributed by atoms with Crippen molar-refractivity contribution in [2.75, 3.05) is 23.3 Å². The molecule has 1 atom stereocenters. The van der Waals surface area contributed by atoms with E-state index >= 15 is 0 Å². The lowest BCUT2D eigenvalue weighted by atomic mass is 10.1. The molecule has 9 heteroatoms. The minimum absolute atomic E-state index is 0.176. The molecule has 2 aromatic heterocycles. The molecule has 1 aliphatic rings. The molecular formula is C18H19N5O3S. The highest BCUT2D eigenvalue weighted by Gasteiger charge is 2.20. The van der Waals surface area contributed by atoms with Gasteiger partial charge in [-0.3, -0.25) is 9.59 Å². The van der Waals surface area contributed by atoms with Crippen LogP contribution in [-0.4, -0.2) is 44.5 Å². The quantitative estimate of drug-likeness (QED) is 0.635. The number of aromatic nitrogens is 3. The molecule has 1 amide bonds. The van der Waals surface area contributed by atoms with Gasteiger partial charge in [-0.2, -0.15) is 4.37 Å². The number of hydrogen-bond donors (Lipinski definition) is 3. The molecule has 3 heterocycles. The summed E-state index contributed by atoms with van der Waals surface area (Å²) in [5.41, 5.74) is 1.80. The molecule has 0 unspecified atom stereocenters. The van der Waals surface area contributed by atoms with Crippen molar-refractivity contribution in [3.63, 3.8) is 0 Å². The number of H-pyrrole nitrogens is 1. The van der Waals surface area contributed by atoms with Gasteiger partial charge < -0.3 is 20.3 Å². The van der Waals surface area contributed by atoms with Gasteiger partial charge in [0.1, 0.15) is 16.2 Å². The first-order valence-corrected chi connectivity index (χ1v) is 9.49. The third-order valence-electron chi connectivity index (χ3n) is 4.55. The van der Waals surface area contributed by atoms with Gasteiger partial charge in [0.15, 0.2) is 5.52 Å². The van der Waals surface area contributed by atoms with E-state index in [-0.39, 0.29) is 23.1 Å². The van der Waals surface area contributed by atoms with Crippen molar-refractivity contribution in [2.24, 2.45) is 0 Å². The summed E-state index contributed by atoms with van der Waals surface area (Å²) in [6.07, 6.45) is 1.50. The molecule has 3 N–H and O–H groups in total. The van der Waals surface area contributed by atoms with Crippen molar-refractivity contribution >= 4 is 39.8 Å². The molecule has 0 saturated carbocycles. The van der Waals surface area contributed by atoms with Crippen molar-refractivity contribution in [3.05, 3.63) is 45.3 Å². The van der Waals surface area contributed by atoms with Crippen LogP contribution >= 0.6 is 11.5 Å². The van der Waals surface area contributed by atoms with E-state index in [0.29, 0.717) is 28.5 Å². The molecule has 3 aromatic rings. The maximum atomic E-state index is 12.6. The van der Waals surface area contributed by atoms with Gasteiger partial charge >= 0.3 is 0 Å². The molecule has 140 valence electrons. The summed E-state index contributed by atoms with van der Waals surface area (Å²) in [7, 11) is 0. The van der Waals surface area contributed by atoms with E-state index in [4.69, 9.17) is 0 Å². The molecule has 1 fully saturated rings. The third kappa shape index (κ3) is 3.56. The van der Waals surface area contributed by atoms with Crippen LogP contribution in [0.2, 0.25) is 0 Å². The molecule has 0 aliphatic carbocycles.